The van der Waals surface area contributed by atoms with Gasteiger partial charge in [-0.05, 0) is 96.1 Å². The molecule has 0 aromatic heterocycles. The van der Waals surface area contributed by atoms with E-state index >= 15 is 0 Å². The molecule has 11 nitrogen and oxygen atoms in total. The van der Waals surface area contributed by atoms with Gasteiger partial charge in [0, 0.05) is 45.6 Å². The number of nitrogens with zero attached hydrogens (tertiary/aromatic N) is 1. The summed E-state index contributed by atoms with van der Waals surface area (Å²) in [5, 5.41) is 6.51. The average molecular weight is 744 g/mol. The summed E-state index contributed by atoms with van der Waals surface area (Å²) in [5.74, 6) is 0.880. The number of piperidine rings is 2. The first-order valence-electron chi connectivity index (χ1n) is 16.1. The van der Waals surface area contributed by atoms with Gasteiger partial charge in [-0.3, -0.25) is 14.5 Å². The van der Waals surface area contributed by atoms with E-state index in [4.69, 9.17) is 14.2 Å². The molecule has 0 amide bonds. The molecule has 2 fully saturated rings. The minimum Gasteiger partial charge on any atom is -0.466 e. The molecular weight excluding hydrogens is 685 g/mol. The Kier molecular flexibility index (Phi) is 25.8. The summed E-state index contributed by atoms with van der Waals surface area (Å²) in [6.07, 6.45) is 2.62. The fourth-order valence-corrected chi connectivity index (χ4v) is 5.69. The number of hydrogen-bond donors (Lipinski definition) is 2. The van der Waals surface area contributed by atoms with Crippen LogP contribution < -0.4 is 10.6 Å². The van der Waals surface area contributed by atoms with E-state index in [2.05, 4.69) is 53.6 Å². The Labute approximate surface area is 289 Å². The van der Waals surface area contributed by atoms with Crippen LogP contribution >= 0.6 is 0 Å². The maximum atomic E-state index is 11.8. The zero-order chi connectivity index (χ0) is 31.6. The van der Waals surface area contributed by atoms with Crippen molar-refractivity contribution < 1.29 is 60.0 Å². The second-order valence-corrected chi connectivity index (χ2v) is 11.6. The zero-order valence-electron chi connectivity index (χ0n) is 28.6. The van der Waals surface area contributed by atoms with Crippen LogP contribution in [0.25, 0.3) is 0 Å². The molecule has 4 atom stereocenters. The molecule has 0 radical (unpaired) electrons. The summed E-state index contributed by atoms with van der Waals surface area (Å²) >= 11 is 0. The van der Waals surface area contributed by atoms with Gasteiger partial charge in [0.15, 0.2) is 0 Å². The van der Waals surface area contributed by atoms with Crippen LogP contribution in [0.5, 0.6) is 0 Å². The Bertz CT molecular complexity index is 991. The second kappa shape index (κ2) is 25.9. The maximum Gasteiger partial charge on any atom is 0.334 e. The van der Waals surface area contributed by atoms with Crippen molar-refractivity contribution in [3.05, 3.63) is 47.0 Å². The standard InChI is InChI=1S/C16H21NO2.2C9H17NO2.2H2O.Pd/c1-3-19-16(18)15-9-10-17(11-13(15)2)12-14-7-5-4-6-8-14;2*1-3-12-9(11)8-4-5-10-6-7(8)2;;;/h4-8H,3,9-12H2,1-2H3;2*7-8,10H,3-6H2,1-2H3;2*1H2;/t;2*7-,8+;;;/m.10.../s1. The van der Waals surface area contributed by atoms with Gasteiger partial charge >= 0.3 is 17.9 Å². The van der Waals surface area contributed by atoms with Gasteiger partial charge in [-0.2, -0.15) is 0 Å². The van der Waals surface area contributed by atoms with E-state index in [-0.39, 0.29) is 61.1 Å². The summed E-state index contributed by atoms with van der Waals surface area (Å²) in [6.45, 7) is 19.6. The summed E-state index contributed by atoms with van der Waals surface area (Å²) in [5.41, 5.74) is 3.32. The van der Waals surface area contributed by atoms with Crippen LogP contribution in [0.2, 0.25) is 0 Å². The van der Waals surface area contributed by atoms with E-state index in [1.165, 1.54) is 5.56 Å². The molecule has 12 heteroatoms. The fourth-order valence-electron chi connectivity index (χ4n) is 5.69. The third kappa shape index (κ3) is 16.1. The van der Waals surface area contributed by atoms with Gasteiger partial charge in [0.1, 0.15) is 0 Å². The first-order chi connectivity index (χ1) is 20.7. The molecule has 0 aliphatic carbocycles. The fraction of sp³-hybridized carbons (Fsp3) is 0.676. The van der Waals surface area contributed by atoms with Crippen LogP contribution in [0.4, 0.5) is 0 Å². The minimum absolute atomic E-state index is 0. The Morgan fingerprint density at radius 1 is 0.804 bits per heavy atom. The third-order valence-electron chi connectivity index (χ3n) is 8.17. The molecule has 1 aromatic rings. The first kappa shape index (κ1) is 46.0. The van der Waals surface area contributed by atoms with Crippen molar-refractivity contribution in [3.8, 4) is 0 Å². The van der Waals surface area contributed by atoms with Crippen LogP contribution in [0.15, 0.2) is 41.5 Å². The van der Waals surface area contributed by atoms with E-state index in [1.807, 2.05) is 33.8 Å². The Hall–Kier alpha value is -2.17. The zero-order valence-corrected chi connectivity index (χ0v) is 30.2. The molecule has 3 heterocycles. The van der Waals surface area contributed by atoms with Gasteiger partial charge in [-0.15, -0.1) is 0 Å². The Balaban J connectivity index is 0. The molecule has 6 N–H and O–H groups in total. The summed E-state index contributed by atoms with van der Waals surface area (Å²) in [4.78, 5) is 36.9. The number of carbonyl (C=O) groups is 3. The van der Waals surface area contributed by atoms with Crippen LogP contribution in [0.3, 0.4) is 0 Å². The molecule has 1 aromatic carbocycles. The predicted molar refractivity (Wildman–Crippen MR) is 176 cm³/mol. The van der Waals surface area contributed by atoms with Crippen molar-refractivity contribution in [2.24, 2.45) is 23.7 Å². The van der Waals surface area contributed by atoms with E-state index < -0.39 is 0 Å². The number of esters is 3. The van der Waals surface area contributed by atoms with Crippen molar-refractivity contribution in [1.82, 2.24) is 15.5 Å². The van der Waals surface area contributed by atoms with E-state index in [0.717, 1.165) is 76.2 Å². The minimum atomic E-state index is -0.139. The molecule has 46 heavy (non-hydrogen) atoms. The van der Waals surface area contributed by atoms with Gasteiger partial charge < -0.3 is 35.8 Å². The normalized spacial score (nSPS) is 22.4. The largest absolute Gasteiger partial charge is 0.466 e. The SMILES string of the molecule is CCOC(=O)C1=C(C)CN(Cc2ccccc2)CC1.CCOC(=O)[C@@H]1CCNC[C@@H]1C.CCOC(=O)[C@H]1CCNC[C@H]1C.O.O.[Pd]. The molecule has 3 aliphatic rings. The molecule has 0 bridgehead atoms. The maximum absolute atomic E-state index is 11.8. The number of carbonyl (C=O) groups excluding carboxylic acids is 3. The van der Waals surface area contributed by atoms with Gasteiger partial charge in [0.2, 0.25) is 0 Å². The van der Waals surface area contributed by atoms with Gasteiger partial charge in [0.25, 0.3) is 0 Å². The molecule has 4 rings (SSSR count). The molecule has 2 saturated heterocycles. The summed E-state index contributed by atoms with van der Waals surface area (Å²) < 4.78 is 15.1. The molecular formula is C34H59N3O8Pd. The van der Waals surface area contributed by atoms with Gasteiger partial charge in [-0.1, -0.05) is 44.2 Å². The third-order valence-corrected chi connectivity index (χ3v) is 8.17. The van der Waals surface area contributed by atoms with E-state index in [9.17, 15) is 14.4 Å². The number of ether oxygens (including phenoxy) is 3. The van der Waals surface area contributed by atoms with Crippen LogP contribution in [0, 0.1) is 23.7 Å². The Morgan fingerprint density at radius 3 is 1.70 bits per heavy atom. The summed E-state index contributed by atoms with van der Waals surface area (Å²) in [6, 6.07) is 10.4. The first-order valence-corrected chi connectivity index (χ1v) is 16.1. The number of benzene rings is 1. The van der Waals surface area contributed by atoms with Crippen molar-refractivity contribution in [3.63, 3.8) is 0 Å². The monoisotopic (exact) mass is 743 g/mol. The average Bonchev–Trinajstić information content (AvgIpc) is 2.99. The molecule has 3 aliphatic heterocycles. The topological polar surface area (TPSA) is 169 Å². The number of nitrogens with one attached hydrogen (secondary N) is 2. The summed E-state index contributed by atoms with van der Waals surface area (Å²) in [7, 11) is 0. The van der Waals surface area contributed by atoms with Crippen LogP contribution in [-0.4, -0.2) is 92.8 Å². The smallest absolute Gasteiger partial charge is 0.334 e. The molecule has 0 saturated carbocycles. The van der Waals surface area contributed by atoms with Crippen molar-refractivity contribution in [2.75, 3.05) is 59.1 Å². The second-order valence-electron chi connectivity index (χ2n) is 11.6. The van der Waals surface area contributed by atoms with Crippen molar-refractivity contribution in [1.29, 1.82) is 0 Å². The quantitative estimate of drug-likeness (QED) is 0.231. The van der Waals surface area contributed by atoms with Crippen molar-refractivity contribution >= 4 is 17.9 Å². The van der Waals surface area contributed by atoms with Crippen LogP contribution in [-0.2, 0) is 55.6 Å². The van der Waals surface area contributed by atoms with E-state index in [1.54, 1.807) is 0 Å². The predicted octanol–water partition coefficient (Wildman–Crippen LogP) is 2.71. The Morgan fingerprint density at radius 2 is 1.28 bits per heavy atom. The van der Waals surface area contributed by atoms with Crippen molar-refractivity contribution in [2.45, 2.75) is 67.3 Å². The van der Waals surface area contributed by atoms with Gasteiger partial charge in [0.05, 0.1) is 31.7 Å². The molecule has 268 valence electrons. The molecule has 0 unspecified atom stereocenters. The van der Waals surface area contributed by atoms with E-state index in [0.29, 0.717) is 31.7 Å². The number of hydrogen-bond acceptors (Lipinski definition) is 9. The number of rotatable bonds is 8. The van der Waals surface area contributed by atoms with Gasteiger partial charge in [-0.25, -0.2) is 4.79 Å². The van der Waals surface area contributed by atoms with Crippen LogP contribution in [0.1, 0.15) is 66.4 Å². The molecule has 0 spiro atoms.